The SMILES string of the molecule is CC(CCc1nncn1C)Cc1cccc(N2Cc3c(cc(CN4CCC(F)(F)CC4)cc3C(F)(F)F)C2=O)c1. The number of hydrogen-bond donors (Lipinski definition) is 0. The normalized spacial score (nSPS) is 18.3. The number of likely N-dealkylation sites (tertiary alicyclic amines) is 1. The van der Waals surface area contributed by atoms with Crippen LogP contribution in [0.3, 0.4) is 0 Å². The van der Waals surface area contributed by atoms with Crippen LogP contribution in [0.4, 0.5) is 27.6 Å². The summed E-state index contributed by atoms with van der Waals surface area (Å²) < 4.78 is 71.3. The van der Waals surface area contributed by atoms with Gasteiger partial charge in [-0.3, -0.25) is 9.69 Å². The van der Waals surface area contributed by atoms with E-state index in [4.69, 9.17) is 0 Å². The van der Waals surface area contributed by atoms with Crippen LogP contribution in [0.1, 0.15) is 64.6 Å². The van der Waals surface area contributed by atoms with Crippen LogP contribution in [-0.2, 0) is 39.2 Å². The summed E-state index contributed by atoms with van der Waals surface area (Å²) in [5.74, 6) is -2.02. The van der Waals surface area contributed by atoms with Gasteiger partial charge < -0.3 is 9.47 Å². The number of piperidine rings is 1. The highest BCUT2D eigenvalue weighted by atomic mass is 19.4. The molecule has 0 aliphatic carbocycles. The molecular formula is C29H32F5N5O. The van der Waals surface area contributed by atoms with Crippen LogP contribution in [0.15, 0.2) is 42.7 Å². The van der Waals surface area contributed by atoms with E-state index in [9.17, 15) is 26.7 Å². The van der Waals surface area contributed by atoms with E-state index in [1.807, 2.05) is 29.8 Å². The van der Waals surface area contributed by atoms with Gasteiger partial charge in [-0.2, -0.15) is 13.2 Å². The van der Waals surface area contributed by atoms with Crippen LogP contribution >= 0.6 is 0 Å². The first-order valence-electron chi connectivity index (χ1n) is 13.5. The number of carbonyl (C=O) groups is 1. The topological polar surface area (TPSA) is 54.3 Å². The third kappa shape index (κ3) is 6.19. The number of anilines is 1. The number of rotatable bonds is 8. The maximum absolute atomic E-state index is 14.1. The standard InChI is InChI=1S/C29H32F5N5O/c1-19(6-7-26-36-35-18-37(26)2)12-20-4-3-5-22(13-20)39-17-24-23(27(39)40)14-21(15-25(24)29(32,33)34)16-38-10-8-28(30,31)9-11-38/h3-5,13-15,18-19H,6-12,16-17H2,1-2H3. The molecule has 2 aliphatic rings. The van der Waals surface area contributed by atoms with Gasteiger partial charge >= 0.3 is 6.18 Å². The first kappa shape index (κ1) is 28.2. The van der Waals surface area contributed by atoms with Crippen LogP contribution in [0.25, 0.3) is 0 Å². The van der Waals surface area contributed by atoms with E-state index in [-0.39, 0.29) is 50.1 Å². The lowest BCUT2D eigenvalue weighted by atomic mass is 9.96. The molecule has 1 unspecified atom stereocenters. The molecule has 6 nitrogen and oxygen atoms in total. The Morgan fingerprint density at radius 1 is 1.07 bits per heavy atom. The lowest BCUT2D eigenvalue weighted by molar-refractivity contribution is -0.138. The predicted octanol–water partition coefficient (Wildman–Crippen LogP) is 6.04. The Hall–Kier alpha value is -3.34. The Bertz CT molecular complexity index is 1380. The van der Waals surface area contributed by atoms with E-state index in [1.165, 1.54) is 11.0 Å². The third-order valence-electron chi connectivity index (χ3n) is 7.87. The van der Waals surface area contributed by atoms with Crippen LogP contribution in [-0.4, -0.2) is 44.6 Å². The van der Waals surface area contributed by atoms with Crippen molar-refractivity contribution in [2.75, 3.05) is 18.0 Å². The molecule has 3 aromatic rings. The van der Waals surface area contributed by atoms with Gasteiger partial charge in [-0.05, 0) is 59.7 Å². The fourth-order valence-corrected chi connectivity index (χ4v) is 5.58. The van der Waals surface area contributed by atoms with Gasteiger partial charge in [-0.15, -0.1) is 10.2 Å². The summed E-state index contributed by atoms with van der Waals surface area (Å²) in [5, 5.41) is 8.01. The summed E-state index contributed by atoms with van der Waals surface area (Å²) in [6.07, 6.45) is -1.23. The average Bonchev–Trinajstić information content (AvgIpc) is 3.45. The molecule has 0 saturated carbocycles. The lowest BCUT2D eigenvalue weighted by Gasteiger charge is -2.31. The minimum Gasteiger partial charge on any atom is -0.321 e. The first-order chi connectivity index (χ1) is 18.9. The maximum atomic E-state index is 14.1. The molecule has 1 aromatic heterocycles. The second-order valence-corrected chi connectivity index (χ2v) is 11.1. The number of amides is 1. The largest absolute Gasteiger partial charge is 0.416 e. The first-order valence-corrected chi connectivity index (χ1v) is 13.5. The van der Waals surface area contributed by atoms with Gasteiger partial charge in [0.05, 0.1) is 12.1 Å². The van der Waals surface area contributed by atoms with Gasteiger partial charge in [0.25, 0.3) is 11.8 Å². The Morgan fingerprint density at radius 3 is 2.50 bits per heavy atom. The van der Waals surface area contributed by atoms with Gasteiger partial charge in [-0.1, -0.05) is 19.1 Å². The van der Waals surface area contributed by atoms with Crippen molar-refractivity contribution in [1.82, 2.24) is 19.7 Å². The Kier molecular flexibility index (Phi) is 7.69. The van der Waals surface area contributed by atoms with Gasteiger partial charge in [0.2, 0.25) is 0 Å². The van der Waals surface area contributed by atoms with Crippen molar-refractivity contribution in [3.63, 3.8) is 0 Å². The second kappa shape index (κ2) is 10.9. The highest BCUT2D eigenvalue weighted by Crippen LogP contribution is 2.40. The highest BCUT2D eigenvalue weighted by molar-refractivity contribution is 6.10. The molecule has 11 heteroatoms. The van der Waals surface area contributed by atoms with E-state index >= 15 is 0 Å². The van der Waals surface area contributed by atoms with E-state index in [0.29, 0.717) is 17.2 Å². The molecule has 5 rings (SSSR count). The number of hydrogen-bond acceptors (Lipinski definition) is 4. The maximum Gasteiger partial charge on any atom is 0.416 e. The molecule has 0 spiro atoms. The molecular weight excluding hydrogens is 529 g/mol. The monoisotopic (exact) mass is 561 g/mol. The summed E-state index contributed by atoms with van der Waals surface area (Å²) in [5.41, 5.74) is 0.977. The number of halogens is 5. The van der Waals surface area contributed by atoms with Crippen LogP contribution in [0, 0.1) is 5.92 Å². The van der Waals surface area contributed by atoms with Crippen LogP contribution in [0.5, 0.6) is 0 Å². The average molecular weight is 562 g/mol. The van der Waals surface area contributed by atoms with Crippen molar-refractivity contribution >= 4 is 11.6 Å². The second-order valence-electron chi connectivity index (χ2n) is 11.1. The summed E-state index contributed by atoms with van der Waals surface area (Å²) in [6, 6.07) is 9.94. The molecule has 0 bridgehead atoms. The van der Waals surface area contributed by atoms with Crippen molar-refractivity contribution in [3.05, 3.63) is 76.4 Å². The number of nitrogens with zero attached hydrogens (tertiary/aromatic N) is 5. The van der Waals surface area contributed by atoms with Crippen LogP contribution in [0.2, 0.25) is 0 Å². The minimum absolute atomic E-state index is 0.0228. The molecule has 2 aliphatic heterocycles. The molecule has 0 radical (unpaired) electrons. The Labute approximate surface area is 229 Å². The van der Waals surface area contributed by atoms with Crippen molar-refractivity contribution in [1.29, 1.82) is 0 Å². The van der Waals surface area contributed by atoms with Crippen molar-refractivity contribution in [2.45, 2.75) is 64.2 Å². The van der Waals surface area contributed by atoms with E-state index < -0.39 is 23.6 Å². The summed E-state index contributed by atoms with van der Waals surface area (Å²) in [6.45, 7) is 2.22. The molecule has 1 fully saturated rings. The lowest BCUT2D eigenvalue weighted by Crippen LogP contribution is -2.38. The zero-order valence-corrected chi connectivity index (χ0v) is 22.5. The summed E-state index contributed by atoms with van der Waals surface area (Å²) >= 11 is 0. The molecule has 2 aromatic carbocycles. The molecule has 40 heavy (non-hydrogen) atoms. The summed E-state index contributed by atoms with van der Waals surface area (Å²) in [4.78, 5) is 16.5. The van der Waals surface area contributed by atoms with Crippen molar-refractivity contribution < 1.29 is 26.7 Å². The van der Waals surface area contributed by atoms with Gasteiger partial charge in [-0.25, -0.2) is 8.78 Å². The molecule has 1 amide bonds. The zero-order chi connectivity index (χ0) is 28.7. The van der Waals surface area contributed by atoms with Gasteiger partial charge in [0, 0.05) is 57.2 Å². The quantitative estimate of drug-likeness (QED) is 0.315. The van der Waals surface area contributed by atoms with Gasteiger partial charge in [0.15, 0.2) is 0 Å². The predicted molar refractivity (Wildman–Crippen MR) is 140 cm³/mol. The Morgan fingerprint density at radius 2 is 1.82 bits per heavy atom. The zero-order valence-electron chi connectivity index (χ0n) is 22.5. The number of carbonyl (C=O) groups excluding carboxylic acids is 1. The molecule has 1 atom stereocenters. The fourth-order valence-electron chi connectivity index (χ4n) is 5.58. The molecule has 3 heterocycles. The van der Waals surface area contributed by atoms with E-state index in [0.717, 1.165) is 36.7 Å². The molecule has 1 saturated heterocycles. The van der Waals surface area contributed by atoms with Crippen molar-refractivity contribution in [3.8, 4) is 0 Å². The number of aryl methyl sites for hydroxylation is 2. The van der Waals surface area contributed by atoms with E-state index in [1.54, 1.807) is 17.3 Å². The fraction of sp³-hybridized carbons (Fsp3) is 0.483. The Balaban J connectivity index is 1.32. The third-order valence-corrected chi connectivity index (χ3v) is 7.87. The van der Waals surface area contributed by atoms with E-state index in [2.05, 4.69) is 17.1 Å². The number of aromatic nitrogens is 3. The summed E-state index contributed by atoms with van der Waals surface area (Å²) in [7, 11) is 1.90. The molecule has 214 valence electrons. The minimum atomic E-state index is -4.65. The smallest absolute Gasteiger partial charge is 0.321 e. The van der Waals surface area contributed by atoms with Crippen molar-refractivity contribution in [2.24, 2.45) is 13.0 Å². The number of alkyl halides is 5. The number of fused-ring (bicyclic) bond motifs is 1. The van der Waals surface area contributed by atoms with Crippen LogP contribution < -0.4 is 4.90 Å². The molecule has 0 N–H and O–H groups in total. The number of benzene rings is 2. The van der Waals surface area contributed by atoms with Gasteiger partial charge in [0.1, 0.15) is 12.2 Å². The highest BCUT2D eigenvalue weighted by Gasteiger charge is 2.41.